The Morgan fingerprint density at radius 3 is 2.43 bits per heavy atom. The average Bonchev–Trinajstić information content (AvgIpc) is 2.01. The Morgan fingerprint density at radius 1 is 1.57 bits per heavy atom. The molecular weight excluding hydrogens is 211 g/mol. The van der Waals surface area contributed by atoms with Gasteiger partial charge in [-0.15, -0.1) is 0 Å². The van der Waals surface area contributed by atoms with Crippen molar-refractivity contribution < 1.29 is 29.0 Å². The predicted octanol–water partition coefficient (Wildman–Crippen LogP) is 0.210. The third-order valence-electron chi connectivity index (χ3n) is 1.51. The molecular formula is C7H13O6P. The number of carbonyl (C=O) groups is 1. The van der Waals surface area contributed by atoms with Gasteiger partial charge < -0.3 is 19.6 Å². The zero-order valence-electron chi connectivity index (χ0n) is 7.71. The topological polar surface area (TPSA) is 104 Å². The van der Waals surface area contributed by atoms with E-state index in [-0.39, 0.29) is 18.8 Å². The smallest absolute Gasteiger partial charge is 0.333 e. The normalized spacial score (nSPS) is 13.6. The summed E-state index contributed by atoms with van der Waals surface area (Å²) < 4.78 is 15.4. The quantitative estimate of drug-likeness (QED) is 0.440. The minimum Gasteiger partial charge on any atom is -0.478 e. The number of aliphatic carboxylic acids is 1. The SMILES string of the molecule is C=C(COCC(C)P(=O)(O)O)C(=O)O. The van der Waals surface area contributed by atoms with Crippen molar-refractivity contribution in [3.05, 3.63) is 12.2 Å². The van der Waals surface area contributed by atoms with Crippen LogP contribution in [0, 0.1) is 0 Å². The molecule has 14 heavy (non-hydrogen) atoms. The van der Waals surface area contributed by atoms with Crippen molar-refractivity contribution in [2.24, 2.45) is 0 Å². The molecule has 7 heteroatoms. The van der Waals surface area contributed by atoms with Crippen LogP contribution in [-0.2, 0) is 14.1 Å². The summed E-state index contributed by atoms with van der Waals surface area (Å²) in [6.07, 6.45) is 0. The van der Waals surface area contributed by atoms with Crippen LogP contribution in [0.5, 0.6) is 0 Å². The summed E-state index contributed by atoms with van der Waals surface area (Å²) in [5, 5.41) is 8.37. The van der Waals surface area contributed by atoms with Crippen molar-refractivity contribution >= 4 is 13.6 Å². The maximum absolute atomic E-state index is 10.6. The molecule has 1 atom stereocenters. The number of ether oxygens (including phenoxy) is 1. The first-order chi connectivity index (χ1) is 6.25. The molecule has 0 radical (unpaired) electrons. The van der Waals surface area contributed by atoms with E-state index in [0.29, 0.717) is 0 Å². The zero-order chi connectivity index (χ0) is 11.4. The Hall–Kier alpha value is -0.680. The van der Waals surface area contributed by atoms with E-state index in [1.54, 1.807) is 0 Å². The number of hydrogen-bond acceptors (Lipinski definition) is 3. The third-order valence-corrected chi connectivity index (χ3v) is 2.81. The minimum absolute atomic E-state index is 0.150. The predicted molar refractivity (Wildman–Crippen MR) is 49.1 cm³/mol. The first-order valence-corrected chi connectivity index (χ1v) is 5.47. The fourth-order valence-corrected chi connectivity index (χ4v) is 0.811. The van der Waals surface area contributed by atoms with Crippen molar-refractivity contribution in [1.29, 1.82) is 0 Å². The molecule has 0 aliphatic rings. The third kappa shape index (κ3) is 5.14. The Labute approximate surface area is 81.4 Å². The molecule has 0 spiro atoms. The molecule has 0 saturated carbocycles. The lowest BCUT2D eigenvalue weighted by atomic mass is 10.3. The van der Waals surface area contributed by atoms with E-state index in [1.165, 1.54) is 6.92 Å². The second kappa shape index (κ2) is 5.26. The van der Waals surface area contributed by atoms with E-state index >= 15 is 0 Å². The van der Waals surface area contributed by atoms with Crippen molar-refractivity contribution in [2.75, 3.05) is 13.2 Å². The first-order valence-electron chi connectivity index (χ1n) is 3.79. The number of carboxylic acids is 1. The molecule has 0 heterocycles. The summed E-state index contributed by atoms with van der Waals surface area (Å²) in [5.74, 6) is -1.19. The van der Waals surface area contributed by atoms with E-state index in [2.05, 4.69) is 6.58 Å². The van der Waals surface area contributed by atoms with Gasteiger partial charge in [-0.25, -0.2) is 4.79 Å². The van der Waals surface area contributed by atoms with Crippen LogP contribution in [0.2, 0.25) is 0 Å². The van der Waals surface area contributed by atoms with E-state index in [9.17, 15) is 9.36 Å². The highest BCUT2D eigenvalue weighted by molar-refractivity contribution is 7.52. The second-order valence-corrected chi connectivity index (χ2v) is 4.92. The van der Waals surface area contributed by atoms with Gasteiger partial charge >= 0.3 is 13.6 Å². The fourth-order valence-electron chi connectivity index (χ4n) is 0.512. The van der Waals surface area contributed by atoms with Crippen LogP contribution >= 0.6 is 7.60 Å². The molecule has 0 aliphatic heterocycles. The first kappa shape index (κ1) is 13.3. The van der Waals surface area contributed by atoms with Crippen LogP contribution in [-0.4, -0.2) is 39.7 Å². The fraction of sp³-hybridized carbons (Fsp3) is 0.571. The van der Waals surface area contributed by atoms with Crippen LogP contribution in [0.3, 0.4) is 0 Å². The van der Waals surface area contributed by atoms with E-state index < -0.39 is 19.2 Å². The molecule has 0 fully saturated rings. The minimum atomic E-state index is -4.14. The molecule has 0 aromatic heterocycles. The summed E-state index contributed by atoms with van der Waals surface area (Å²) in [4.78, 5) is 27.5. The monoisotopic (exact) mass is 224 g/mol. The van der Waals surface area contributed by atoms with Crippen LogP contribution in [0.1, 0.15) is 6.92 Å². The number of carboxylic acid groups (broad SMARTS) is 1. The summed E-state index contributed by atoms with van der Waals surface area (Å²) in [6, 6.07) is 0. The lowest BCUT2D eigenvalue weighted by Crippen LogP contribution is -2.15. The maximum atomic E-state index is 10.6. The maximum Gasteiger partial charge on any atom is 0.333 e. The molecule has 0 aliphatic carbocycles. The van der Waals surface area contributed by atoms with Crippen LogP contribution < -0.4 is 0 Å². The highest BCUT2D eigenvalue weighted by atomic mass is 31.2. The van der Waals surface area contributed by atoms with Crippen LogP contribution in [0.15, 0.2) is 12.2 Å². The van der Waals surface area contributed by atoms with Gasteiger partial charge in [-0.1, -0.05) is 6.58 Å². The van der Waals surface area contributed by atoms with Gasteiger partial charge in [0.15, 0.2) is 0 Å². The van der Waals surface area contributed by atoms with Gasteiger partial charge in [0, 0.05) is 0 Å². The largest absolute Gasteiger partial charge is 0.478 e. The molecule has 0 saturated heterocycles. The van der Waals surface area contributed by atoms with E-state index in [0.717, 1.165) is 0 Å². The highest BCUT2D eigenvalue weighted by Gasteiger charge is 2.23. The van der Waals surface area contributed by atoms with Crippen molar-refractivity contribution in [2.45, 2.75) is 12.6 Å². The Balaban J connectivity index is 3.81. The molecule has 0 amide bonds. The van der Waals surface area contributed by atoms with Crippen LogP contribution in [0.4, 0.5) is 0 Å². The standard InChI is InChI=1S/C7H13O6P/c1-5(7(8)9)3-13-4-6(2)14(10,11)12/h6H,1,3-4H2,2H3,(H,8,9)(H2,10,11,12). The molecule has 0 aromatic carbocycles. The summed E-state index contributed by atoms with van der Waals surface area (Å²) >= 11 is 0. The lowest BCUT2D eigenvalue weighted by molar-refractivity contribution is -0.133. The Morgan fingerprint density at radius 2 is 2.07 bits per heavy atom. The Kier molecular flexibility index (Phi) is 5.01. The molecule has 0 rings (SSSR count). The zero-order valence-corrected chi connectivity index (χ0v) is 8.61. The molecule has 6 nitrogen and oxygen atoms in total. The molecule has 82 valence electrons. The van der Waals surface area contributed by atoms with Gasteiger partial charge in [0.05, 0.1) is 24.4 Å². The molecule has 1 unspecified atom stereocenters. The van der Waals surface area contributed by atoms with Gasteiger partial charge in [-0.2, -0.15) is 0 Å². The van der Waals surface area contributed by atoms with Gasteiger partial charge in [-0.3, -0.25) is 4.57 Å². The van der Waals surface area contributed by atoms with Gasteiger partial charge in [-0.05, 0) is 6.92 Å². The summed E-state index contributed by atoms with van der Waals surface area (Å²) in [6.45, 7) is 4.08. The van der Waals surface area contributed by atoms with Crippen molar-refractivity contribution in [1.82, 2.24) is 0 Å². The average molecular weight is 224 g/mol. The van der Waals surface area contributed by atoms with Crippen molar-refractivity contribution in [3.8, 4) is 0 Å². The number of rotatable bonds is 6. The molecule has 3 N–H and O–H groups in total. The highest BCUT2D eigenvalue weighted by Crippen LogP contribution is 2.40. The van der Waals surface area contributed by atoms with Gasteiger partial charge in [0.25, 0.3) is 0 Å². The van der Waals surface area contributed by atoms with Gasteiger partial charge in [0.1, 0.15) is 0 Å². The number of hydrogen-bond donors (Lipinski definition) is 3. The van der Waals surface area contributed by atoms with E-state index in [1.807, 2.05) is 0 Å². The van der Waals surface area contributed by atoms with Crippen molar-refractivity contribution in [3.63, 3.8) is 0 Å². The lowest BCUT2D eigenvalue weighted by Gasteiger charge is -2.13. The molecule has 0 bridgehead atoms. The Bertz CT molecular complexity index is 267. The molecule has 0 aromatic rings. The second-order valence-electron chi connectivity index (χ2n) is 2.86. The summed E-state index contributed by atoms with van der Waals surface area (Å²) in [7, 11) is -4.14. The van der Waals surface area contributed by atoms with Crippen LogP contribution in [0.25, 0.3) is 0 Å². The summed E-state index contributed by atoms with van der Waals surface area (Å²) in [5.41, 5.74) is -1.09. The van der Waals surface area contributed by atoms with Gasteiger partial charge in [0.2, 0.25) is 0 Å². The van der Waals surface area contributed by atoms with E-state index in [4.69, 9.17) is 19.6 Å².